The lowest BCUT2D eigenvalue weighted by Crippen LogP contribution is -2.26. The Balaban J connectivity index is 1.75. The molecule has 0 aliphatic heterocycles. The number of fused-ring (bicyclic) bond motifs is 1. The number of nitrogens with one attached hydrogen (secondary N) is 1. The average molecular weight is 340 g/mol. The molecule has 1 aliphatic rings. The zero-order chi connectivity index (χ0) is 16.8. The van der Waals surface area contributed by atoms with Crippen molar-refractivity contribution in [2.24, 2.45) is 7.05 Å². The van der Waals surface area contributed by atoms with Crippen LogP contribution in [-0.2, 0) is 7.05 Å². The zero-order valence-corrected chi connectivity index (χ0v) is 14.9. The molecule has 24 heavy (non-hydrogen) atoms. The molecule has 4 rings (SSSR count). The van der Waals surface area contributed by atoms with Crippen LogP contribution in [0.1, 0.15) is 58.3 Å². The van der Waals surface area contributed by atoms with Crippen molar-refractivity contribution in [1.29, 1.82) is 0 Å². The molecule has 1 saturated carbocycles. The van der Waals surface area contributed by atoms with E-state index in [1.54, 1.807) is 16.0 Å². The van der Waals surface area contributed by atoms with Gasteiger partial charge >= 0.3 is 0 Å². The summed E-state index contributed by atoms with van der Waals surface area (Å²) < 4.78 is 1.77. The Morgan fingerprint density at radius 3 is 2.92 bits per heavy atom. The molecular weight excluding hydrogens is 320 g/mol. The van der Waals surface area contributed by atoms with E-state index in [2.05, 4.69) is 10.4 Å². The van der Waals surface area contributed by atoms with Gasteiger partial charge in [0.15, 0.2) is 5.65 Å². The van der Waals surface area contributed by atoms with Crippen LogP contribution in [0.2, 0.25) is 0 Å². The highest BCUT2D eigenvalue weighted by atomic mass is 32.1. The zero-order valence-electron chi connectivity index (χ0n) is 14.0. The maximum atomic E-state index is 12.9. The molecule has 0 spiro atoms. The number of aromatic nitrogens is 3. The van der Waals surface area contributed by atoms with Gasteiger partial charge in [0.1, 0.15) is 0 Å². The van der Waals surface area contributed by atoms with Gasteiger partial charge in [-0.1, -0.05) is 6.07 Å². The molecule has 0 aromatic carbocycles. The molecule has 1 aliphatic carbocycles. The van der Waals surface area contributed by atoms with E-state index in [-0.39, 0.29) is 11.9 Å². The van der Waals surface area contributed by atoms with Gasteiger partial charge in [0, 0.05) is 23.5 Å². The van der Waals surface area contributed by atoms with Crippen molar-refractivity contribution < 1.29 is 4.79 Å². The number of carbonyl (C=O) groups excluding carboxylic acids is 1. The Labute approximate surface area is 144 Å². The van der Waals surface area contributed by atoms with E-state index in [4.69, 9.17) is 4.98 Å². The van der Waals surface area contributed by atoms with Gasteiger partial charge in [-0.3, -0.25) is 9.48 Å². The van der Waals surface area contributed by atoms with E-state index in [1.165, 1.54) is 0 Å². The van der Waals surface area contributed by atoms with Crippen LogP contribution < -0.4 is 5.32 Å². The van der Waals surface area contributed by atoms with Crippen molar-refractivity contribution in [2.75, 3.05) is 0 Å². The highest BCUT2D eigenvalue weighted by Gasteiger charge is 2.28. The van der Waals surface area contributed by atoms with E-state index in [0.29, 0.717) is 11.5 Å². The van der Waals surface area contributed by atoms with Crippen LogP contribution in [-0.4, -0.2) is 20.7 Å². The number of nitrogens with zero attached hydrogens (tertiary/aromatic N) is 3. The first-order valence-corrected chi connectivity index (χ1v) is 9.11. The molecule has 3 heterocycles. The number of carbonyl (C=O) groups is 1. The van der Waals surface area contributed by atoms with Crippen LogP contribution in [0.4, 0.5) is 0 Å². The minimum absolute atomic E-state index is 0.0120. The van der Waals surface area contributed by atoms with Gasteiger partial charge in [-0.05, 0) is 44.2 Å². The first-order valence-electron chi connectivity index (χ1n) is 8.23. The summed E-state index contributed by atoms with van der Waals surface area (Å²) in [6.07, 6.45) is 2.31. The fraction of sp³-hybridized carbons (Fsp3) is 0.389. The van der Waals surface area contributed by atoms with E-state index >= 15 is 0 Å². The molecule has 0 saturated heterocycles. The standard InChI is InChI=1S/C18H20N4OS/c1-10(15-5-4-8-24-15)19-18(23)13-9-14(12-6-7-12)20-17-16(13)11(2)21-22(17)3/h4-5,8-10,12H,6-7H2,1-3H3,(H,19,23). The van der Waals surface area contributed by atoms with Gasteiger partial charge in [0.2, 0.25) is 0 Å². The fourth-order valence-corrected chi connectivity index (χ4v) is 3.85. The first kappa shape index (κ1) is 15.3. The molecule has 1 unspecified atom stereocenters. The lowest BCUT2D eigenvalue weighted by molar-refractivity contribution is 0.0942. The summed E-state index contributed by atoms with van der Waals surface area (Å²) in [5.74, 6) is 0.437. The van der Waals surface area contributed by atoms with Crippen molar-refractivity contribution in [1.82, 2.24) is 20.1 Å². The third-order valence-corrected chi connectivity index (χ3v) is 5.60. The van der Waals surface area contributed by atoms with Gasteiger partial charge in [0.05, 0.1) is 22.7 Å². The summed E-state index contributed by atoms with van der Waals surface area (Å²) in [6, 6.07) is 6.00. The minimum atomic E-state index is -0.0544. The predicted octanol–water partition coefficient (Wildman–Crippen LogP) is 3.71. The molecule has 3 aromatic heterocycles. The predicted molar refractivity (Wildman–Crippen MR) is 95.4 cm³/mol. The Morgan fingerprint density at radius 2 is 2.25 bits per heavy atom. The number of hydrogen-bond acceptors (Lipinski definition) is 4. The van der Waals surface area contributed by atoms with Gasteiger partial charge < -0.3 is 5.32 Å². The molecule has 0 radical (unpaired) electrons. The monoisotopic (exact) mass is 340 g/mol. The summed E-state index contributed by atoms with van der Waals surface area (Å²) in [6.45, 7) is 3.94. The second-order valence-electron chi connectivity index (χ2n) is 6.49. The molecule has 1 fully saturated rings. The van der Waals surface area contributed by atoms with Crippen molar-refractivity contribution >= 4 is 28.3 Å². The van der Waals surface area contributed by atoms with Crippen molar-refractivity contribution in [3.8, 4) is 0 Å². The van der Waals surface area contributed by atoms with Gasteiger partial charge in [-0.15, -0.1) is 11.3 Å². The lowest BCUT2D eigenvalue weighted by atomic mass is 10.1. The Bertz CT molecular complexity index is 909. The van der Waals surface area contributed by atoms with E-state index in [9.17, 15) is 4.79 Å². The molecule has 6 heteroatoms. The first-order chi connectivity index (χ1) is 11.5. The summed E-state index contributed by atoms with van der Waals surface area (Å²) in [5, 5.41) is 10.5. The van der Waals surface area contributed by atoms with Gasteiger partial charge in [0.25, 0.3) is 5.91 Å². The quantitative estimate of drug-likeness (QED) is 0.788. The largest absolute Gasteiger partial charge is 0.345 e. The third kappa shape index (κ3) is 2.60. The number of aryl methyl sites for hydroxylation is 2. The normalized spacial score (nSPS) is 15.6. The summed E-state index contributed by atoms with van der Waals surface area (Å²) in [7, 11) is 1.88. The number of thiophene rings is 1. The fourth-order valence-electron chi connectivity index (χ4n) is 3.11. The lowest BCUT2D eigenvalue weighted by Gasteiger charge is -2.14. The molecule has 1 atom stereocenters. The van der Waals surface area contributed by atoms with Crippen LogP contribution in [0.3, 0.4) is 0 Å². The SMILES string of the molecule is Cc1nn(C)c2nc(C3CC3)cc(C(=O)NC(C)c3cccs3)c12. The molecular formula is C18H20N4OS. The highest BCUT2D eigenvalue weighted by Crippen LogP contribution is 2.40. The molecule has 1 N–H and O–H groups in total. The molecule has 3 aromatic rings. The van der Waals surface area contributed by atoms with Crippen molar-refractivity contribution in [3.05, 3.63) is 45.4 Å². The maximum absolute atomic E-state index is 12.9. The van der Waals surface area contributed by atoms with E-state index in [0.717, 1.165) is 40.1 Å². The Hall–Kier alpha value is -2.21. The number of rotatable bonds is 4. The Morgan fingerprint density at radius 1 is 1.46 bits per heavy atom. The summed E-state index contributed by atoms with van der Waals surface area (Å²) >= 11 is 1.65. The summed E-state index contributed by atoms with van der Waals surface area (Å²) in [4.78, 5) is 18.9. The van der Waals surface area contributed by atoms with Crippen LogP contribution in [0.5, 0.6) is 0 Å². The number of hydrogen-bond donors (Lipinski definition) is 1. The highest BCUT2D eigenvalue weighted by molar-refractivity contribution is 7.10. The van der Waals surface area contributed by atoms with Gasteiger partial charge in [-0.2, -0.15) is 5.10 Å². The molecule has 1 amide bonds. The molecule has 5 nitrogen and oxygen atoms in total. The summed E-state index contributed by atoms with van der Waals surface area (Å²) in [5.41, 5.74) is 3.34. The van der Waals surface area contributed by atoms with E-state index in [1.807, 2.05) is 44.5 Å². The second-order valence-corrected chi connectivity index (χ2v) is 7.47. The smallest absolute Gasteiger partial charge is 0.252 e. The van der Waals surface area contributed by atoms with Crippen LogP contribution in [0, 0.1) is 6.92 Å². The third-order valence-electron chi connectivity index (χ3n) is 4.55. The average Bonchev–Trinajstić information content (AvgIpc) is 3.18. The van der Waals surface area contributed by atoms with Crippen LogP contribution >= 0.6 is 11.3 Å². The van der Waals surface area contributed by atoms with E-state index < -0.39 is 0 Å². The van der Waals surface area contributed by atoms with Crippen LogP contribution in [0.15, 0.2) is 23.6 Å². The van der Waals surface area contributed by atoms with Crippen molar-refractivity contribution in [3.63, 3.8) is 0 Å². The maximum Gasteiger partial charge on any atom is 0.252 e. The van der Waals surface area contributed by atoms with Crippen LogP contribution in [0.25, 0.3) is 11.0 Å². The number of pyridine rings is 1. The topological polar surface area (TPSA) is 59.8 Å². The van der Waals surface area contributed by atoms with Crippen molar-refractivity contribution in [2.45, 2.75) is 38.6 Å². The second kappa shape index (κ2) is 5.70. The Kier molecular flexibility index (Phi) is 3.64. The minimum Gasteiger partial charge on any atom is -0.345 e. The molecule has 0 bridgehead atoms. The number of amides is 1. The molecule has 124 valence electrons. The van der Waals surface area contributed by atoms with Gasteiger partial charge in [-0.25, -0.2) is 4.98 Å².